The zero-order valence-electron chi connectivity index (χ0n) is 14.2. The number of aromatic nitrogens is 2. The molecule has 26 heavy (non-hydrogen) atoms. The first-order valence-electron chi connectivity index (χ1n) is 8.05. The molecule has 1 aliphatic heterocycles. The first-order valence-corrected chi connectivity index (χ1v) is 8.87. The Morgan fingerprint density at radius 1 is 1.27 bits per heavy atom. The molecule has 1 atom stereocenters. The van der Waals surface area contributed by atoms with Gasteiger partial charge >= 0.3 is 12.0 Å². The molecule has 0 aliphatic carbocycles. The van der Waals surface area contributed by atoms with Gasteiger partial charge in [-0.1, -0.05) is 17.4 Å². The van der Waals surface area contributed by atoms with Gasteiger partial charge in [0.1, 0.15) is 0 Å². The molecule has 0 radical (unpaired) electrons. The predicted octanol–water partition coefficient (Wildman–Crippen LogP) is 3.05. The van der Waals surface area contributed by atoms with Crippen LogP contribution in [0.25, 0.3) is 10.2 Å². The van der Waals surface area contributed by atoms with Gasteiger partial charge in [0.05, 0.1) is 22.3 Å². The van der Waals surface area contributed by atoms with Crippen molar-refractivity contribution in [2.45, 2.75) is 13.2 Å². The molecular weight excluding hydrogens is 352 g/mol. The highest BCUT2D eigenvalue weighted by Gasteiger charge is 2.40. The smallest absolute Gasteiger partial charge is 0.340 e. The number of urea groups is 1. The molecule has 1 unspecified atom stereocenters. The van der Waals surface area contributed by atoms with E-state index in [1.807, 2.05) is 25.1 Å². The lowest BCUT2D eigenvalue weighted by atomic mass is 10.2. The van der Waals surface area contributed by atoms with Crippen LogP contribution in [0.2, 0.25) is 0 Å². The van der Waals surface area contributed by atoms with Gasteiger partial charge < -0.3 is 9.64 Å². The van der Waals surface area contributed by atoms with E-state index < -0.39 is 12.2 Å². The maximum absolute atomic E-state index is 12.6. The average Bonchev–Trinajstić information content (AvgIpc) is 3.16. The van der Waals surface area contributed by atoms with Crippen molar-refractivity contribution in [3.8, 4) is 0 Å². The topological polar surface area (TPSA) is 75.6 Å². The number of carbonyl (C=O) groups excluding carboxylic acids is 2. The molecule has 3 heterocycles. The maximum Gasteiger partial charge on any atom is 0.340 e. The Hall–Kier alpha value is -3.00. The van der Waals surface area contributed by atoms with E-state index in [9.17, 15) is 9.59 Å². The van der Waals surface area contributed by atoms with Gasteiger partial charge in [-0.2, -0.15) is 0 Å². The summed E-state index contributed by atoms with van der Waals surface area (Å²) in [6, 6.07) is 8.86. The number of amides is 2. The highest BCUT2D eigenvalue weighted by atomic mass is 32.1. The molecule has 1 aliphatic rings. The number of nitrogens with zero attached hydrogens (tertiary/aromatic N) is 4. The second-order valence-corrected chi connectivity index (χ2v) is 7.11. The second kappa shape index (κ2) is 6.38. The van der Waals surface area contributed by atoms with Crippen LogP contribution in [-0.2, 0) is 4.74 Å². The molecule has 0 bridgehead atoms. The van der Waals surface area contributed by atoms with E-state index in [1.54, 1.807) is 19.2 Å². The zero-order valence-corrected chi connectivity index (χ0v) is 15.1. The standard InChI is InChI=1S/C18H16N4O3S/c1-11-3-4-14-13(9-11)20-17(26-14)22-15(10-21(2)18(22)24)25-16(23)12-5-7-19-8-6-12/h3-9,15H,10H2,1-2H3. The summed E-state index contributed by atoms with van der Waals surface area (Å²) in [5, 5.41) is 0.521. The van der Waals surface area contributed by atoms with Gasteiger partial charge in [0.2, 0.25) is 6.23 Å². The van der Waals surface area contributed by atoms with Crippen LogP contribution in [0.4, 0.5) is 9.93 Å². The Labute approximate surface area is 153 Å². The van der Waals surface area contributed by atoms with Crippen LogP contribution in [0.3, 0.4) is 0 Å². The number of hydrogen-bond acceptors (Lipinski definition) is 6. The maximum atomic E-state index is 12.6. The van der Waals surface area contributed by atoms with Crippen molar-refractivity contribution in [3.05, 3.63) is 53.9 Å². The monoisotopic (exact) mass is 368 g/mol. The minimum atomic E-state index is -0.727. The Morgan fingerprint density at radius 2 is 2.04 bits per heavy atom. The quantitative estimate of drug-likeness (QED) is 0.664. The molecule has 0 N–H and O–H groups in total. The number of fused-ring (bicyclic) bond motifs is 1. The SMILES string of the molecule is Cc1ccc2sc(N3C(=O)N(C)CC3OC(=O)c3ccncc3)nc2c1. The van der Waals surface area contributed by atoms with E-state index in [-0.39, 0.29) is 12.6 Å². The lowest BCUT2D eigenvalue weighted by molar-refractivity contribution is 0.0331. The van der Waals surface area contributed by atoms with Gasteiger partial charge in [-0.25, -0.2) is 19.5 Å². The van der Waals surface area contributed by atoms with E-state index in [0.717, 1.165) is 15.8 Å². The Bertz CT molecular complexity index is 989. The Kier molecular flexibility index (Phi) is 4.04. The zero-order chi connectivity index (χ0) is 18.3. The van der Waals surface area contributed by atoms with Crippen molar-refractivity contribution in [3.63, 3.8) is 0 Å². The molecule has 1 aromatic carbocycles. The molecule has 2 aromatic heterocycles. The van der Waals surface area contributed by atoms with E-state index in [0.29, 0.717) is 10.7 Å². The third kappa shape index (κ3) is 2.88. The minimum absolute atomic E-state index is 0.242. The lowest BCUT2D eigenvalue weighted by Crippen LogP contribution is -2.37. The third-order valence-corrected chi connectivity index (χ3v) is 5.18. The van der Waals surface area contributed by atoms with Crippen LogP contribution in [0.15, 0.2) is 42.7 Å². The number of rotatable bonds is 3. The number of carbonyl (C=O) groups is 2. The molecule has 3 aromatic rings. The molecular formula is C18H16N4O3S. The van der Waals surface area contributed by atoms with Crippen LogP contribution in [-0.4, -0.2) is 46.7 Å². The van der Waals surface area contributed by atoms with Gasteiger partial charge in [0.15, 0.2) is 5.13 Å². The number of benzene rings is 1. The summed E-state index contributed by atoms with van der Waals surface area (Å²) in [7, 11) is 1.67. The highest BCUT2D eigenvalue weighted by molar-refractivity contribution is 7.22. The molecule has 4 rings (SSSR count). The van der Waals surface area contributed by atoms with Crippen molar-refractivity contribution in [1.29, 1.82) is 0 Å². The summed E-state index contributed by atoms with van der Waals surface area (Å²) in [4.78, 5) is 36.4. The van der Waals surface area contributed by atoms with Crippen molar-refractivity contribution in [1.82, 2.24) is 14.9 Å². The number of anilines is 1. The summed E-state index contributed by atoms with van der Waals surface area (Å²) < 4.78 is 6.57. The molecule has 7 nitrogen and oxygen atoms in total. The number of esters is 1. The number of ether oxygens (including phenoxy) is 1. The minimum Gasteiger partial charge on any atom is -0.435 e. The second-order valence-electron chi connectivity index (χ2n) is 6.10. The fourth-order valence-electron chi connectivity index (χ4n) is 2.80. The van der Waals surface area contributed by atoms with Crippen LogP contribution in [0.1, 0.15) is 15.9 Å². The van der Waals surface area contributed by atoms with Crippen molar-refractivity contribution < 1.29 is 14.3 Å². The fourth-order valence-corrected chi connectivity index (χ4v) is 3.78. The summed E-state index contributed by atoms with van der Waals surface area (Å²) in [6.07, 6.45) is 2.32. The van der Waals surface area contributed by atoms with Crippen LogP contribution in [0.5, 0.6) is 0 Å². The van der Waals surface area contributed by atoms with E-state index in [4.69, 9.17) is 4.74 Å². The van der Waals surface area contributed by atoms with E-state index in [1.165, 1.54) is 33.5 Å². The highest BCUT2D eigenvalue weighted by Crippen LogP contribution is 2.33. The molecule has 0 saturated carbocycles. The summed E-state index contributed by atoms with van der Waals surface area (Å²) in [6.45, 7) is 2.27. The number of likely N-dealkylation sites (N-methyl/N-ethyl adjacent to an activating group) is 1. The molecule has 1 fully saturated rings. The Morgan fingerprint density at radius 3 is 2.81 bits per heavy atom. The van der Waals surface area contributed by atoms with Crippen molar-refractivity contribution >= 4 is 38.7 Å². The molecule has 1 saturated heterocycles. The predicted molar refractivity (Wildman–Crippen MR) is 98.3 cm³/mol. The number of hydrogen-bond donors (Lipinski definition) is 0. The van der Waals surface area contributed by atoms with Gasteiger partial charge in [-0.15, -0.1) is 0 Å². The summed E-state index contributed by atoms with van der Waals surface area (Å²) in [5.74, 6) is -0.498. The summed E-state index contributed by atoms with van der Waals surface area (Å²) >= 11 is 1.40. The number of thiazole rings is 1. The van der Waals surface area contributed by atoms with Crippen molar-refractivity contribution in [2.24, 2.45) is 0 Å². The number of pyridine rings is 1. The third-order valence-electron chi connectivity index (χ3n) is 4.15. The van der Waals surface area contributed by atoms with Crippen LogP contribution in [0, 0.1) is 6.92 Å². The molecule has 8 heteroatoms. The largest absolute Gasteiger partial charge is 0.435 e. The van der Waals surface area contributed by atoms with Crippen molar-refractivity contribution in [2.75, 3.05) is 18.5 Å². The van der Waals surface area contributed by atoms with Gasteiger partial charge in [0, 0.05) is 19.4 Å². The molecule has 132 valence electrons. The Balaban J connectivity index is 1.65. The lowest BCUT2D eigenvalue weighted by Gasteiger charge is -2.20. The van der Waals surface area contributed by atoms with Gasteiger partial charge in [-0.3, -0.25) is 4.98 Å². The first kappa shape index (κ1) is 16.5. The van der Waals surface area contributed by atoms with E-state index in [2.05, 4.69) is 9.97 Å². The number of aryl methyl sites for hydroxylation is 1. The van der Waals surface area contributed by atoms with Gasteiger partial charge in [0.25, 0.3) is 0 Å². The van der Waals surface area contributed by atoms with E-state index >= 15 is 0 Å². The first-order chi connectivity index (χ1) is 12.5. The molecule has 0 spiro atoms. The normalized spacial score (nSPS) is 17.2. The fraction of sp³-hybridized carbons (Fsp3) is 0.222. The summed E-state index contributed by atoms with van der Waals surface area (Å²) in [5.41, 5.74) is 2.31. The average molecular weight is 368 g/mol. The van der Waals surface area contributed by atoms with Crippen LogP contribution >= 0.6 is 11.3 Å². The van der Waals surface area contributed by atoms with Crippen LogP contribution < -0.4 is 4.90 Å². The molecule has 2 amide bonds. The van der Waals surface area contributed by atoms with Gasteiger partial charge in [-0.05, 0) is 36.8 Å².